The van der Waals surface area contributed by atoms with Crippen molar-refractivity contribution in [1.29, 1.82) is 0 Å². The number of anilines is 1. The van der Waals surface area contributed by atoms with Gasteiger partial charge in [-0.15, -0.1) is 5.10 Å². The molecule has 3 rings (SSSR count). The molecule has 1 N–H and O–H groups in total. The summed E-state index contributed by atoms with van der Waals surface area (Å²) in [6, 6.07) is 5.58. The molecule has 7 nitrogen and oxygen atoms in total. The SMILES string of the molecule is Cc1c(CNc2cc(-n3cnnn3)ccc2Cl)cnn1C. The van der Waals surface area contributed by atoms with Crippen LogP contribution in [0.5, 0.6) is 0 Å². The Morgan fingerprint density at radius 3 is 2.86 bits per heavy atom. The standard InChI is InChI=1S/C13H14ClN7/c1-9-10(7-17-20(9)2)6-15-13-5-11(3-4-12(13)14)21-8-16-18-19-21/h3-5,7-8,15H,6H2,1-2H3. The van der Waals surface area contributed by atoms with Gasteiger partial charge in [0.05, 0.1) is 22.6 Å². The first kappa shape index (κ1) is 13.6. The van der Waals surface area contributed by atoms with E-state index in [1.165, 1.54) is 6.33 Å². The van der Waals surface area contributed by atoms with Gasteiger partial charge >= 0.3 is 0 Å². The van der Waals surface area contributed by atoms with Crippen LogP contribution < -0.4 is 5.32 Å². The number of tetrazole rings is 1. The minimum atomic E-state index is 0.647. The molecule has 0 saturated carbocycles. The zero-order valence-corrected chi connectivity index (χ0v) is 12.4. The number of aromatic nitrogens is 6. The highest BCUT2D eigenvalue weighted by Crippen LogP contribution is 2.25. The van der Waals surface area contributed by atoms with Crippen LogP contribution in [0.15, 0.2) is 30.7 Å². The van der Waals surface area contributed by atoms with Gasteiger partial charge in [0.25, 0.3) is 0 Å². The van der Waals surface area contributed by atoms with E-state index >= 15 is 0 Å². The Balaban J connectivity index is 1.82. The third kappa shape index (κ3) is 2.73. The summed E-state index contributed by atoms with van der Waals surface area (Å²) in [7, 11) is 1.92. The predicted molar refractivity (Wildman–Crippen MR) is 79.4 cm³/mol. The summed E-state index contributed by atoms with van der Waals surface area (Å²) in [6.07, 6.45) is 3.39. The maximum atomic E-state index is 6.22. The lowest BCUT2D eigenvalue weighted by Gasteiger charge is -2.10. The Morgan fingerprint density at radius 2 is 2.19 bits per heavy atom. The Labute approximate surface area is 126 Å². The molecule has 0 unspecified atom stereocenters. The molecule has 108 valence electrons. The van der Waals surface area contributed by atoms with Gasteiger partial charge in [-0.3, -0.25) is 4.68 Å². The van der Waals surface area contributed by atoms with E-state index in [9.17, 15) is 0 Å². The first-order valence-corrected chi connectivity index (χ1v) is 6.77. The van der Waals surface area contributed by atoms with Crippen LogP contribution in [0.4, 0.5) is 5.69 Å². The van der Waals surface area contributed by atoms with Crippen molar-refractivity contribution in [1.82, 2.24) is 30.0 Å². The van der Waals surface area contributed by atoms with Crippen LogP contribution in [0.2, 0.25) is 5.02 Å². The van der Waals surface area contributed by atoms with Gasteiger partial charge in [-0.2, -0.15) is 5.10 Å². The van der Waals surface area contributed by atoms with Crippen LogP contribution in [-0.4, -0.2) is 30.0 Å². The van der Waals surface area contributed by atoms with Gasteiger partial charge in [0, 0.05) is 24.8 Å². The summed E-state index contributed by atoms with van der Waals surface area (Å²) in [5.74, 6) is 0. The highest BCUT2D eigenvalue weighted by molar-refractivity contribution is 6.33. The van der Waals surface area contributed by atoms with Crippen molar-refractivity contribution in [3.05, 3.63) is 47.0 Å². The molecule has 0 aliphatic carbocycles. The van der Waals surface area contributed by atoms with Crippen LogP contribution >= 0.6 is 11.6 Å². The lowest BCUT2D eigenvalue weighted by Crippen LogP contribution is -2.03. The minimum absolute atomic E-state index is 0.647. The van der Waals surface area contributed by atoms with E-state index in [-0.39, 0.29) is 0 Å². The summed E-state index contributed by atoms with van der Waals surface area (Å²) < 4.78 is 3.42. The third-order valence-corrected chi connectivity index (χ3v) is 3.70. The van der Waals surface area contributed by atoms with Crippen LogP contribution in [-0.2, 0) is 13.6 Å². The molecule has 0 aliphatic rings. The number of hydrogen-bond donors (Lipinski definition) is 1. The fourth-order valence-electron chi connectivity index (χ4n) is 1.98. The monoisotopic (exact) mass is 303 g/mol. The van der Waals surface area contributed by atoms with E-state index in [0.717, 1.165) is 22.6 Å². The number of hydrogen-bond acceptors (Lipinski definition) is 5. The van der Waals surface area contributed by atoms with E-state index in [1.807, 2.05) is 43.0 Å². The average molecular weight is 304 g/mol. The molecule has 2 heterocycles. The molecule has 0 fully saturated rings. The maximum absolute atomic E-state index is 6.22. The molecule has 0 amide bonds. The maximum Gasteiger partial charge on any atom is 0.143 e. The quantitative estimate of drug-likeness (QED) is 0.797. The van der Waals surface area contributed by atoms with Crippen molar-refractivity contribution < 1.29 is 0 Å². The number of nitrogens with zero attached hydrogens (tertiary/aromatic N) is 6. The predicted octanol–water partition coefficient (Wildman–Crippen LogP) is 1.97. The molecule has 0 atom stereocenters. The lowest BCUT2D eigenvalue weighted by molar-refractivity contribution is 0.738. The van der Waals surface area contributed by atoms with Gasteiger partial charge in [0.1, 0.15) is 6.33 Å². The number of halogens is 1. The lowest BCUT2D eigenvalue weighted by atomic mass is 10.2. The van der Waals surface area contributed by atoms with Crippen molar-refractivity contribution in [2.24, 2.45) is 7.05 Å². The van der Waals surface area contributed by atoms with E-state index in [0.29, 0.717) is 11.6 Å². The second kappa shape index (κ2) is 5.53. The van der Waals surface area contributed by atoms with Gasteiger partial charge < -0.3 is 5.32 Å². The minimum Gasteiger partial charge on any atom is -0.380 e. The number of rotatable bonds is 4. The van der Waals surface area contributed by atoms with E-state index < -0.39 is 0 Å². The highest BCUT2D eigenvalue weighted by Gasteiger charge is 2.07. The Morgan fingerprint density at radius 1 is 1.33 bits per heavy atom. The molecular weight excluding hydrogens is 290 g/mol. The summed E-state index contributed by atoms with van der Waals surface area (Å²) in [6.45, 7) is 2.68. The summed E-state index contributed by atoms with van der Waals surface area (Å²) in [4.78, 5) is 0. The fourth-order valence-corrected chi connectivity index (χ4v) is 2.16. The van der Waals surface area contributed by atoms with Gasteiger partial charge in [0.15, 0.2) is 0 Å². The summed E-state index contributed by atoms with van der Waals surface area (Å²) in [5, 5.41) is 19.3. The molecule has 8 heteroatoms. The summed E-state index contributed by atoms with van der Waals surface area (Å²) in [5.41, 5.74) is 3.92. The van der Waals surface area contributed by atoms with Crippen molar-refractivity contribution in [2.75, 3.05) is 5.32 Å². The second-order valence-electron chi connectivity index (χ2n) is 4.65. The Bertz CT molecular complexity index is 748. The molecule has 3 aromatic rings. The number of benzene rings is 1. The van der Waals surface area contributed by atoms with Crippen molar-refractivity contribution in [3.63, 3.8) is 0 Å². The van der Waals surface area contributed by atoms with Crippen LogP contribution in [0.25, 0.3) is 5.69 Å². The largest absolute Gasteiger partial charge is 0.380 e. The topological polar surface area (TPSA) is 73.5 Å². The Hall–Kier alpha value is -2.41. The molecule has 21 heavy (non-hydrogen) atoms. The highest BCUT2D eigenvalue weighted by atomic mass is 35.5. The Kier molecular flexibility index (Phi) is 3.57. The van der Waals surface area contributed by atoms with Crippen molar-refractivity contribution in [2.45, 2.75) is 13.5 Å². The van der Waals surface area contributed by atoms with E-state index in [1.54, 1.807) is 4.68 Å². The molecule has 0 bridgehead atoms. The smallest absolute Gasteiger partial charge is 0.143 e. The van der Waals surface area contributed by atoms with Gasteiger partial charge in [-0.05, 0) is 35.5 Å². The van der Waals surface area contributed by atoms with Crippen molar-refractivity contribution >= 4 is 17.3 Å². The van der Waals surface area contributed by atoms with E-state index in [2.05, 4.69) is 25.9 Å². The molecule has 1 aromatic carbocycles. The average Bonchev–Trinajstić information content (AvgIpc) is 3.11. The van der Waals surface area contributed by atoms with Crippen LogP contribution in [0, 0.1) is 6.92 Å². The number of nitrogens with one attached hydrogen (secondary N) is 1. The first-order chi connectivity index (χ1) is 10.1. The van der Waals surface area contributed by atoms with Crippen LogP contribution in [0.1, 0.15) is 11.3 Å². The molecule has 0 radical (unpaired) electrons. The molecule has 0 spiro atoms. The summed E-state index contributed by atoms with van der Waals surface area (Å²) >= 11 is 6.22. The normalized spacial score (nSPS) is 10.8. The second-order valence-corrected chi connectivity index (χ2v) is 5.06. The van der Waals surface area contributed by atoms with Gasteiger partial charge in [0.2, 0.25) is 0 Å². The number of aryl methyl sites for hydroxylation is 1. The first-order valence-electron chi connectivity index (χ1n) is 6.39. The fraction of sp³-hybridized carbons (Fsp3) is 0.231. The molecule has 2 aromatic heterocycles. The molecule has 0 saturated heterocycles. The molecule has 0 aliphatic heterocycles. The molecular formula is C13H14ClN7. The third-order valence-electron chi connectivity index (χ3n) is 3.37. The van der Waals surface area contributed by atoms with Crippen LogP contribution in [0.3, 0.4) is 0 Å². The zero-order chi connectivity index (χ0) is 14.8. The van der Waals surface area contributed by atoms with Gasteiger partial charge in [-0.25, -0.2) is 4.68 Å². The zero-order valence-electron chi connectivity index (χ0n) is 11.7. The van der Waals surface area contributed by atoms with Gasteiger partial charge in [-0.1, -0.05) is 11.6 Å². The van der Waals surface area contributed by atoms with Crippen molar-refractivity contribution in [3.8, 4) is 5.69 Å². The van der Waals surface area contributed by atoms with E-state index in [4.69, 9.17) is 11.6 Å².